The number of hydrogen-bond acceptors (Lipinski definition) is 2. The maximum Gasteiger partial charge on any atom is 0.335 e. The number of fused-ring (bicyclic) bond motifs is 2. The molecule has 1 aliphatic heterocycles. The van der Waals surface area contributed by atoms with Gasteiger partial charge in [0.15, 0.2) is 0 Å². The number of benzene rings is 3. The second-order valence-corrected chi connectivity index (χ2v) is 8.30. The Balaban J connectivity index is 0.00000259. The van der Waals surface area contributed by atoms with Crippen LogP contribution in [0.3, 0.4) is 0 Å². The van der Waals surface area contributed by atoms with Gasteiger partial charge in [0.1, 0.15) is 11.6 Å². The van der Waals surface area contributed by atoms with Crippen LogP contribution >= 0.6 is 0 Å². The van der Waals surface area contributed by atoms with Gasteiger partial charge in [-0.1, -0.05) is 21.3 Å². The molecule has 2 heterocycles. The number of aromatic carboxylic acids is 1. The van der Waals surface area contributed by atoms with Gasteiger partial charge in [0.05, 0.1) is 17.6 Å². The summed E-state index contributed by atoms with van der Waals surface area (Å²) < 4.78 is 30.2. The maximum absolute atomic E-state index is 14.5. The highest BCUT2D eigenvalue weighted by atomic mass is 19.1. The summed E-state index contributed by atoms with van der Waals surface area (Å²) in [6.45, 7) is 4.63. The van der Waals surface area contributed by atoms with Crippen LogP contribution in [0.4, 0.5) is 8.78 Å². The van der Waals surface area contributed by atoms with E-state index in [1.165, 1.54) is 24.3 Å². The molecule has 3 aromatic carbocycles. The van der Waals surface area contributed by atoms with E-state index in [2.05, 4.69) is 4.99 Å². The minimum atomic E-state index is -1.19. The lowest BCUT2D eigenvalue weighted by molar-refractivity contribution is 0.0696. The van der Waals surface area contributed by atoms with Crippen molar-refractivity contribution in [2.45, 2.75) is 33.7 Å². The third-order valence-electron chi connectivity index (χ3n) is 5.82. The number of rotatable bonds is 4. The first-order chi connectivity index (χ1) is 15.3. The van der Waals surface area contributed by atoms with Crippen molar-refractivity contribution in [3.05, 3.63) is 88.6 Å². The van der Waals surface area contributed by atoms with E-state index in [0.717, 1.165) is 45.0 Å². The van der Waals surface area contributed by atoms with Gasteiger partial charge in [0, 0.05) is 28.5 Å². The second-order valence-electron chi connectivity index (χ2n) is 8.30. The van der Waals surface area contributed by atoms with Crippen molar-refractivity contribution in [1.29, 1.82) is 0 Å². The number of aliphatic imine (C=N–C) groups is 1. The van der Waals surface area contributed by atoms with Gasteiger partial charge in [-0.25, -0.2) is 13.6 Å². The number of hydrogen-bond donors (Lipinski definition) is 1. The molecule has 0 amide bonds. The SMILES string of the molecule is C.CC(C)c1c(-c2cc(F)cc(C(=O)O)c2)c2cc3c(cc2n1-c1ccc(F)cc1)C=NC3. The second kappa shape index (κ2) is 8.28. The Kier molecular flexibility index (Phi) is 5.62. The Morgan fingerprint density at radius 2 is 1.76 bits per heavy atom. The third-order valence-corrected chi connectivity index (χ3v) is 5.82. The highest BCUT2D eigenvalue weighted by molar-refractivity contribution is 6.04. The summed E-state index contributed by atoms with van der Waals surface area (Å²) in [5.41, 5.74) is 5.77. The van der Waals surface area contributed by atoms with E-state index in [-0.39, 0.29) is 24.7 Å². The Morgan fingerprint density at radius 3 is 2.42 bits per heavy atom. The predicted molar refractivity (Wildman–Crippen MR) is 128 cm³/mol. The van der Waals surface area contributed by atoms with Crippen LogP contribution in [0, 0.1) is 11.6 Å². The van der Waals surface area contributed by atoms with Gasteiger partial charge >= 0.3 is 5.97 Å². The van der Waals surface area contributed by atoms with Crippen molar-refractivity contribution >= 4 is 23.1 Å². The van der Waals surface area contributed by atoms with Gasteiger partial charge in [-0.2, -0.15) is 0 Å². The van der Waals surface area contributed by atoms with Gasteiger partial charge in [-0.3, -0.25) is 4.99 Å². The van der Waals surface area contributed by atoms with Crippen molar-refractivity contribution in [1.82, 2.24) is 4.57 Å². The van der Waals surface area contributed by atoms with E-state index in [9.17, 15) is 18.7 Å². The van der Waals surface area contributed by atoms with E-state index in [1.54, 1.807) is 12.1 Å². The van der Waals surface area contributed by atoms with Crippen LogP contribution < -0.4 is 0 Å². The normalized spacial score (nSPS) is 12.3. The van der Waals surface area contributed by atoms with Gasteiger partial charge in [0.25, 0.3) is 0 Å². The average Bonchev–Trinajstić information content (AvgIpc) is 3.34. The third kappa shape index (κ3) is 3.71. The lowest BCUT2D eigenvalue weighted by atomic mass is 9.94. The number of carbonyl (C=O) groups is 1. The number of aromatic nitrogens is 1. The fraction of sp³-hybridized carbons (Fsp3) is 0.185. The van der Waals surface area contributed by atoms with Crippen molar-refractivity contribution in [2.24, 2.45) is 4.99 Å². The van der Waals surface area contributed by atoms with Crippen LogP contribution in [0.5, 0.6) is 0 Å². The number of nitrogens with zero attached hydrogens (tertiary/aromatic N) is 2. The minimum Gasteiger partial charge on any atom is -0.478 e. The minimum absolute atomic E-state index is 0. The molecule has 1 aliphatic rings. The molecule has 0 fully saturated rings. The molecule has 33 heavy (non-hydrogen) atoms. The van der Waals surface area contributed by atoms with E-state index in [1.807, 2.05) is 36.8 Å². The van der Waals surface area contributed by atoms with Gasteiger partial charge in [-0.05, 0) is 77.2 Å². The molecule has 0 radical (unpaired) electrons. The van der Waals surface area contributed by atoms with Crippen molar-refractivity contribution in [3.8, 4) is 16.8 Å². The van der Waals surface area contributed by atoms with Crippen LogP contribution in [0.25, 0.3) is 27.7 Å². The van der Waals surface area contributed by atoms with E-state index < -0.39 is 11.8 Å². The first-order valence-electron chi connectivity index (χ1n) is 10.3. The molecule has 0 bridgehead atoms. The zero-order valence-corrected chi connectivity index (χ0v) is 17.6. The van der Waals surface area contributed by atoms with Crippen molar-refractivity contribution < 1.29 is 18.7 Å². The van der Waals surface area contributed by atoms with Crippen LogP contribution in [0.2, 0.25) is 0 Å². The Labute approximate surface area is 190 Å². The molecule has 4 aromatic rings. The highest BCUT2D eigenvalue weighted by Gasteiger charge is 2.25. The molecule has 6 heteroatoms. The number of carboxylic acid groups (broad SMARTS) is 1. The summed E-state index contributed by atoms with van der Waals surface area (Å²) in [4.78, 5) is 16.0. The summed E-state index contributed by atoms with van der Waals surface area (Å²) in [6.07, 6.45) is 1.83. The zero-order chi connectivity index (χ0) is 22.6. The number of carboxylic acids is 1. The lowest BCUT2D eigenvalue weighted by Gasteiger charge is -2.16. The summed E-state index contributed by atoms with van der Waals surface area (Å²) >= 11 is 0. The quantitative estimate of drug-likeness (QED) is 0.368. The van der Waals surface area contributed by atoms with Crippen LogP contribution in [0.15, 0.2) is 59.6 Å². The molecular formula is C27H24F2N2O2. The highest BCUT2D eigenvalue weighted by Crippen LogP contribution is 2.42. The summed E-state index contributed by atoms with van der Waals surface area (Å²) in [7, 11) is 0. The molecule has 0 saturated carbocycles. The first-order valence-corrected chi connectivity index (χ1v) is 10.3. The Hall–Kier alpha value is -3.80. The Bertz CT molecular complexity index is 1420. The molecule has 0 saturated heterocycles. The van der Waals surface area contributed by atoms with Crippen LogP contribution in [0.1, 0.15) is 54.4 Å². The molecule has 1 aromatic heterocycles. The molecular weight excluding hydrogens is 422 g/mol. The molecule has 0 atom stereocenters. The molecule has 0 unspecified atom stereocenters. The van der Waals surface area contributed by atoms with Crippen molar-refractivity contribution in [3.63, 3.8) is 0 Å². The lowest BCUT2D eigenvalue weighted by Crippen LogP contribution is -2.04. The molecule has 5 rings (SSSR count). The first kappa shape index (κ1) is 22.4. The molecule has 4 nitrogen and oxygen atoms in total. The van der Waals surface area contributed by atoms with Gasteiger partial charge in [-0.15, -0.1) is 0 Å². The fourth-order valence-electron chi connectivity index (χ4n) is 4.49. The average molecular weight is 446 g/mol. The van der Waals surface area contributed by atoms with E-state index in [4.69, 9.17) is 0 Å². The number of halogens is 2. The zero-order valence-electron chi connectivity index (χ0n) is 17.6. The largest absolute Gasteiger partial charge is 0.478 e. The van der Waals surface area contributed by atoms with Crippen LogP contribution in [-0.2, 0) is 6.54 Å². The predicted octanol–water partition coefficient (Wildman–Crippen LogP) is 6.97. The standard InChI is InChI=1S/C26H20F2N2O2.CH4/c1-14(2)25-24(15-7-16(26(31)32)9-20(28)8-15)22-10-17-12-29-13-18(17)11-23(22)30(25)21-5-3-19(27)4-6-21;/h3-11,13-14H,12H2,1-2H3,(H,31,32);1H4. The van der Waals surface area contributed by atoms with E-state index >= 15 is 0 Å². The molecule has 168 valence electrons. The van der Waals surface area contributed by atoms with Crippen LogP contribution in [-0.4, -0.2) is 21.9 Å². The van der Waals surface area contributed by atoms with Crippen molar-refractivity contribution in [2.75, 3.05) is 0 Å². The smallest absolute Gasteiger partial charge is 0.335 e. The van der Waals surface area contributed by atoms with E-state index in [0.29, 0.717) is 12.1 Å². The maximum atomic E-state index is 14.5. The van der Waals surface area contributed by atoms with Gasteiger partial charge in [0.2, 0.25) is 0 Å². The van der Waals surface area contributed by atoms with Gasteiger partial charge < -0.3 is 9.67 Å². The monoisotopic (exact) mass is 446 g/mol. The fourth-order valence-corrected chi connectivity index (χ4v) is 4.49. The topological polar surface area (TPSA) is 54.6 Å². The molecule has 0 spiro atoms. The molecule has 0 aliphatic carbocycles. The summed E-state index contributed by atoms with van der Waals surface area (Å²) in [6, 6.07) is 14.2. The summed E-state index contributed by atoms with van der Waals surface area (Å²) in [5.74, 6) is -2.11. The Morgan fingerprint density at radius 1 is 1.03 bits per heavy atom. The summed E-state index contributed by atoms with van der Waals surface area (Å²) in [5, 5.41) is 10.4. The molecule has 1 N–H and O–H groups in total.